The first-order valence-electron chi connectivity index (χ1n) is 9.34. The largest absolute Gasteiger partial charge is 0.384 e. The maximum Gasteiger partial charge on any atom is 0.191 e. The molecule has 3 N–H and O–H groups in total. The first-order chi connectivity index (χ1) is 13.1. The minimum absolute atomic E-state index is 0. The van der Waals surface area contributed by atoms with Crippen molar-refractivity contribution in [1.82, 2.24) is 10.6 Å². The summed E-state index contributed by atoms with van der Waals surface area (Å²) < 4.78 is 0. The topological polar surface area (TPSA) is 59.9 Å². The first-order valence-corrected chi connectivity index (χ1v) is 10.3. The highest BCUT2D eigenvalue weighted by Gasteiger charge is 2.23. The van der Waals surface area contributed by atoms with Crippen LogP contribution in [0.1, 0.15) is 25.0 Å². The zero-order valence-corrected chi connectivity index (χ0v) is 19.5. The van der Waals surface area contributed by atoms with E-state index in [1.54, 1.807) is 11.3 Å². The molecular formula is C21H29IN4OS. The van der Waals surface area contributed by atoms with Gasteiger partial charge in [-0.1, -0.05) is 24.3 Å². The average molecular weight is 512 g/mol. The molecule has 1 aliphatic heterocycles. The molecule has 0 saturated carbocycles. The quantitative estimate of drug-likeness (QED) is 0.229. The van der Waals surface area contributed by atoms with E-state index in [9.17, 15) is 5.11 Å². The van der Waals surface area contributed by atoms with Gasteiger partial charge in [-0.2, -0.15) is 11.3 Å². The highest BCUT2D eigenvalue weighted by Crippen LogP contribution is 2.22. The van der Waals surface area contributed by atoms with Gasteiger partial charge in [0.1, 0.15) is 5.60 Å². The molecule has 2 aromatic rings. The Hall–Kier alpha value is -1.58. The van der Waals surface area contributed by atoms with Crippen LogP contribution in [0.2, 0.25) is 0 Å². The number of nitrogens with zero attached hydrogens (tertiary/aromatic N) is 2. The van der Waals surface area contributed by atoms with Gasteiger partial charge in [0.25, 0.3) is 0 Å². The summed E-state index contributed by atoms with van der Waals surface area (Å²) in [7, 11) is 0. The number of rotatable bonds is 7. The molecule has 28 heavy (non-hydrogen) atoms. The highest BCUT2D eigenvalue weighted by molar-refractivity contribution is 14.0. The van der Waals surface area contributed by atoms with Gasteiger partial charge in [0.2, 0.25) is 0 Å². The second-order valence-electron chi connectivity index (χ2n) is 6.88. The lowest BCUT2D eigenvalue weighted by Crippen LogP contribution is -2.44. The standard InChI is InChI=1S/C21H28N4OS.HI/c1-3-22-20(24-16-21(2,26)18-10-13-27-15-18)23-14-17-6-8-19(9-7-17)25-11-4-5-12-25;/h4-10,13,15,26H,3,11-12,14,16H2,1-2H3,(H2,22,23,24);1H. The summed E-state index contributed by atoms with van der Waals surface area (Å²) in [4.78, 5) is 6.98. The fourth-order valence-electron chi connectivity index (χ4n) is 2.94. The Morgan fingerprint density at radius 2 is 1.89 bits per heavy atom. The van der Waals surface area contributed by atoms with Gasteiger partial charge < -0.3 is 20.6 Å². The average Bonchev–Trinajstić information content (AvgIpc) is 3.39. The van der Waals surface area contributed by atoms with Crippen molar-refractivity contribution < 1.29 is 5.11 Å². The molecule has 1 unspecified atom stereocenters. The van der Waals surface area contributed by atoms with Crippen molar-refractivity contribution in [3.05, 3.63) is 64.4 Å². The van der Waals surface area contributed by atoms with E-state index in [2.05, 4.69) is 56.9 Å². The summed E-state index contributed by atoms with van der Waals surface area (Å²) in [5, 5.41) is 21.1. The molecule has 0 bridgehead atoms. The second kappa shape index (κ2) is 10.8. The van der Waals surface area contributed by atoms with E-state index in [4.69, 9.17) is 0 Å². The van der Waals surface area contributed by atoms with E-state index >= 15 is 0 Å². The summed E-state index contributed by atoms with van der Waals surface area (Å²) in [6.45, 7) is 7.58. The monoisotopic (exact) mass is 512 g/mol. The van der Waals surface area contributed by atoms with Crippen LogP contribution in [0.4, 0.5) is 5.69 Å². The van der Waals surface area contributed by atoms with Gasteiger partial charge in [-0.25, -0.2) is 4.99 Å². The van der Waals surface area contributed by atoms with E-state index in [1.165, 1.54) is 5.69 Å². The summed E-state index contributed by atoms with van der Waals surface area (Å²) in [5.74, 6) is 0.709. The molecule has 152 valence electrons. The summed E-state index contributed by atoms with van der Waals surface area (Å²) in [6.07, 6.45) is 4.38. The molecule has 1 aliphatic rings. The van der Waals surface area contributed by atoms with E-state index < -0.39 is 5.60 Å². The fraction of sp³-hybridized carbons (Fsp3) is 0.381. The van der Waals surface area contributed by atoms with Gasteiger partial charge in [-0.15, -0.1) is 24.0 Å². The minimum atomic E-state index is -0.929. The number of guanidine groups is 1. The molecule has 5 nitrogen and oxygen atoms in total. The van der Waals surface area contributed by atoms with Gasteiger partial charge in [0.15, 0.2) is 5.96 Å². The molecular weight excluding hydrogens is 483 g/mol. The fourth-order valence-corrected chi connectivity index (χ4v) is 3.72. The van der Waals surface area contributed by atoms with Gasteiger partial charge in [-0.05, 0) is 53.9 Å². The Bertz CT molecular complexity index is 764. The molecule has 7 heteroatoms. The van der Waals surface area contributed by atoms with Crippen molar-refractivity contribution in [2.45, 2.75) is 26.0 Å². The molecule has 2 heterocycles. The molecule has 0 radical (unpaired) electrons. The van der Waals surface area contributed by atoms with Crippen LogP contribution in [0.5, 0.6) is 0 Å². The predicted octanol–water partition coefficient (Wildman–Crippen LogP) is 3.71. The zero-order chi connectivity index (χ0) is 19.1. The maximum absolute atomic E-state index is 10.7. The number of hydrogen-bond donors (Lipinski definition) is 3. The number of nitrogens with one attached hydrogen (secondary N) is 2. The summed E-state index contributed by atoms with van der Waals surface area (Å²) >= 11 is 1.59. The number of thiophene rings is 1. The van der Waals surface area contributed by atoms with E-state index in [0.717, 1.165) is 30.8 Å². The number of aliphatic hydroxyl groups is 1. The van der Waals surface area contributed by atoms with E-state index in [-0.39, 0.29) is 24.0 Å². The van der Waals surface area contributed by atoms with Crippen molar-refractivity contribution in [3.63, 3.8) is 0 Å². The molecule has 0 spiro atoms. The normalized spacial score (nSPS) is 15.8. The third-order valence-electron chi connectivity index (χ3n) is 4.63. The van der Waals surface area contributed by atoms with Gasteiger partial charge in [0.05, 0.1) is 13.1 Å². The molecule has 1 aromatic carbocycles. The number of halogens is 1. The lowest BCUT2D eigenvalue weighted by molar-refractivity contribution is 0.0621. The van der Waals surface area contributed by atoms with E-state index in [1.807, 2.05) is 30.7 Å². The Kier molecular flexibility index (Phi) is 8.78. The van der Waals surface area contributed by atoms with Crippen molar-refractivity contribution in [3.8, 4) is 0 Å². The lowest BCUT2D eigenvalue weighted by atomic mass is 9.99. The summed E-state index contributed by atoms with van der Waals surface area (Å²) in [6, 6.07) is 10.5. The molecule has 3 rings (SSSR count). The van der Waals surface area contributed by atoms with Crippen LogP contribution >= 0.6 is 35.3 Å². The van der Waals surface area contributed by atoms with Crippen molar-refractivity contribution in [2.75, 3.05) is 31.1 Å². The van der Waals surface area contributed by atoms with Crippen molar-refractivity contribution in [2.24, 2.45) is 4.99 Å². The van der Waals surface area contributed by atoms with E-state index in [0.29, 0.717) is 19.0 Å². The minimum Gasteiger partial charge on any atom is -0.384 e. The summed E-state index contributed by atoms with van der Waals surface area (Å²) in [5.41, 5.74) is 2.39. The lowest BCUT2D eigenvalue weighted by Gasteiger charge is -2.24. The Balaban J connectivity index is 0.00000280. The molecule has 1 atom stereocenters. The first kappa shape index (κ1) is 22.7. The number of hydrogen-bond acceptors (Lipinski definition) is 4. The highest BCUT2D eigenvalue weighted by atomic mass is 127. The van der Waals surface area contributed by atoms with Crippen LogP contribution in [0.25, 0.3) is 0 Å². The van der Waals surface area contributed by atoms with Gasteiger partial charge in [-0.3, -0.25) is 0 Å². The van der Waals surface area contributed by atoms with Crippen LogP contribution in [-0.4, -0.2) is 37.2 Å². The molecule has 0 aliphatic carbocycles. The third-order valence-corrected chi connectivity index (χ3v) is 5.31. The molecule has 0 saturated heterocycles. The van der Waals surface area contributed by atoms with Crippen LogP contribution in [0, 0.1) is 0 Å². The van der Waals surface area contributed by atoms with Crippen molar-refractivity contribution >= 4 is 47.0 Å². The number of aliphatic imine (C=N–C) groups is 1. The Morgan fingerprint density at radius 3 is 2.50 bits per heavy atom. The zero-order valence-electron chi connectivity index (χ0n) is 16.4. The SMILES string of the molecule is CCNC(=NCc1ccc(N2CC=CC2)cc1)NCC(C)(O)c1ccsc1.I. The Morgan fingerprint density at radius 1 is 1.18 bits per heavy atom. The maximum atomic E-state index is 10.7. The number of benzene rings is 1. The van der Waals surface area contributed by atoms with Crippen LogP contribution in [0.15, 0.2) is 58.2 Å². The van der Waals surface area contributed by atoms with Crippen LogP contribution in [0.3, 0.4) is 0 Å². The smallest absolute Gasteiger partial charge is 0.191 e. The molecule has 0 fully saturated rings. The van der Waals surface area contributed by atoms with Crippen molar-refractivity contribution in [1.29, 1.82) is 0 Å². The van der Waals surface area contributed by atoms with Gasteiger partial charge >= 0.3 is 0 Å². The Labute approximate surface area is 188 Å². The predicted molar refractivity (Wildman–Crippen MR) is 130 cm³/mol. The third kappa shape index (κ3) is 6.22. The van der Waals surface area contributed by atoms with Crippen LogP contribution < -0.4 is 15.5 Å². The second-order valence-corrected chi connectivity index (χ2v) is 7.66. The number of anilines is 1. The van der Waals surface area contributed by atoms with Gasteiger partial charge in [0, 0.05) is 25.3 Å². The molecule has 0 amide bonds. The van der Waals surface area contributed by atoms with Crippen LogP contribution in [-0.2, 0) is 12.1 Å². The molecule has 1 aromatic heterocycles.